The van der Waals surface area contributed by atoms with Crippen molar-refractivity contribution in [1.29, 1.82) is 0 Å². The van der Waals surface area contributed by atoms with Crippen molar-refractivity contribution in [1.82, 2.24) is 10.3 Å². The van der Waals surface area contributed by atoms with Gasteiger partial charge in [-0.05, 0) is 187 Å². The van der Waals surface area contributed by atoms with E-state index in [0.29, 0.717) is 59.0 Å². The van der Waals surface area contributed by atoms with E-state index in [0.717, 1.165) is 119 Å². The summed E-state index contributed by atoms with van der Waals surface area (Å²) in [5, 5.41) is 79.3. The quantitative estimate of drug-likeness (QED) is 0.0451. The average molecular weight is 1240 g/mol. The van der Waals surface area contributed by atoms with Crippen LogP contribution in [0.5, 0.6) is 28.7 Å². The van der Waals surface area contributed by atoms with E-state index in [4.69, 9.17) is 14.2 Å². The monoisotopic (exact) mass is 1240 g/mol. The molecule has 0 radical (unpaired) electrons. The average Bonchev–Trinajstić information content (AvgIpc) is 0.808. The number of hydrogen-bond donors (Lipinski definition) is 8. The molecule has 1 aromatic heterocycles. The summed E-state index contributed by atoms with van der Waals surface area (Å²) >= 11 is 0. The molecule has 0 amide bonds. The summed E-state index contributed by atoms with van der Waals surface area (Å²) in [4.78, 5) is 21.0. The van der Waals surface area contributed by atoms with E-state index in [9.17, 15) is 30.6 Å². The van der Waals surface area contributed by atoms with Crippen molar-refractivity contribution < 1.29 is 49.6 Å². The van der Waals surface area contributed by atoms with Gasteiger partial charge in [0.1, 0.15) is 11.9 Å². The molecule has 6 aliphatic rings. The van der Waals surface area contributed by atoms with Gasteiger partial charge in [-0.25, -0.2) is 0 Å². The first kappa shape index (κ1) is 61.7. The van der Waals surface area contributed by atoms with Crippen LogP contribution in [0, 0.1) is 29.1 Å². The highest BCUT2D eigenvalue weighted by Gasteiger charge is 2.62. The lowest BCUT2D eigenvalue weighted by Crippen LogP contribution is -2.62. The topological polar surface area (TPSA) is 194 Å². The second-order valence-corrected chi connectivity index (χ2v) is 30.9. The fraction of sp³-hybridized carbons (Fsp3) is 0.529. The highest BCUT2D eigenvalue weighted by Crippen LogP contribution is 2.59. The van der Waals surface area contributed by atoms with Gasteiger partial charge < -0.3 is 55.2 Å². The van der Waals surface area contributed by atoms with Crippen LogP contribution in [0.15, 0.2) is 97.3 Å². The Morgan fingerprint density at radius 3 is 2.37 bits per heavy atom. The Labute approximate surface area is 522 Å². The third kappa shape index (κ3) is 11.7. The lowest BCUT2D eigenvalue weighted by atomic mass is 9.52. The fourth-order valence-corrected chi connectivity index (χ4v) is 22.6. The lowest BCUT2D eigenvalue weighted by molar-refractivity contribution is -0.150. The normalized spacial score (nSPS) is 28.6. The molecule has 0 unspecified atom stereocenters. The predicted molar refractivity (Wildman–Crippen MR) is 349 cm³/mol. The first-order valence-corrected chi connectivity index (χ1v) is 36.4. The van der Waals surface area contributed by atoms with E-state index in [1.54, 1.807) is 51.6 Å². The number of phenolic OH excluding ortho intramolecular Hbond substituents is 2. The molecular formula is C70H86N2O10S4. The number of aryl methyl sites for hydroxylation is 1. The van der Waals surface area contributed by atoms with E-state index >= 15 is 4.79 Å². The number of Topliss-reactive ketones (excluding diaryl/α,β-unsaturated/α-hetero) is 1. The second-order valence-electron chi connectivity index (χ2n) is 25.8. The summed E-state index contributed by atoms with van der Waals surface area (Å²) in [6.45, 7) is 1.44. The second kappa shape index (κ2) is 26.5. The van der Waals surface area contributed by atoms with Gasteiger partial charge in [0.05, 0.1) is 36.6 Å². The first-order valence-electron chi connectivity index (χ1n) is 31.5. The number of aliphatic hydroxyl groups excluding tert-OH is 4. The van der Waals surface area contributed by atoms with Crippen molar-refractivity contribution >= 4 is 59.7 Å². The highest BCUT2D eigenvalue weighted by atomic mass is 33.1. The minimum atomic E-state index is -1.74. The molecule has 2 bridgehead atoms. The summed E-state index contributed by atoms with van der Waals surface area (Å²) in [7, 11) is 10.2. The number of phenols is 2. The molecule has 12 nitrogen and oxygen atoms in total. The maximum Gasteiger partial charge on any atom is 0.186 e. The molecule has 5 aromatic carbocycles. The number of benzene rings is 5. The fourth-order valence-electron chi connectivity index (χ4n) is 16.9. The van der Waals surface area contributed by atoms with Crippen molar-refractivity contribution in [3.8, 4) is 28.7 Å². The molecule has 4 saturated carbocycles. The minimum absolute atomic E-state index is 0.00380. The van der Waals surface area contributed by atoms with Gasteiger partial charge in [-0.2, -0.15) is 0 Å². The summed E-state index contributed by atoms with van der Waals surface area (Å²) in [6, 6.07) is 27.6. The van der Waals surface area contributed by atoms with Crippen LogP contribution in [0.3, 0.4) is 0 Å². The number of aromatic amines is 1. The number of ketones is 1. The van der Waals surface area contributed by atoms with Gasteiger partial charge in [0, 0.05) is 64.9 Å². The summed E-state index contributed by atoms with van der Waals surface area (Å²) in [5.41, 5.74) is 6.03. The summed E-state index contributed by atoms with van der Waals surface area (Å²) in [6.07, 6.45) is 16.0. The molecule has 2 aliphatic heterocycles. The van der Waals surface area contributed by atoms with Crippen LogP contribution in [-0.4, -0.2) is 105 Å². The Morgan fingerprint density at radius 1 is 0.826 bits per heavy atom. The van der Waals surface area contributed by atoms with Crippen molar-refractivity contribution in [2.45, 2.75) is 157 Å². The third-order valence-corrected chi connectivity index (χ3v) is 26.7. The van der Waals surface area contributed by atoms with Gasteiger partial charge in [0.15, 0.2) is 35.6 Å². The number of rotatable bonds is 11. The van der Waals surface area contributed by atoms with Crippen LogP contribution >= 0.6 is 43.2 Å². The smallest absolute Gasteiger partial charge is 0.186 e. The number of aromatic nitrogens is 1. The molecule has 86 heavy (non-hydrogen) atoms. The SMILES string of the molecule is CCc1ccc2cccc3c2c1Cc1c(ccc(O)c1OC)C[C@@H](Cc1cc[nH]c1)[C@H](O)[C@@H]1C(=O)[C@@](c2cc(O)cc(C4(NC)CCCCC4)c2)([C@@H]2CSSC[C@H]4CC5(CCCC5)CC[C@@H]4Oc4cc2ccc4OCO)[C@@H](O)C[C@H]1CSS[C@H]3CO. The highest BCUT2D eigenvalue weighted by molar-refractivity contribution is 8.77. The van der Waals surface area contributed by atoms with E-state index in [2.05, 4.69) is 47.6 Å². The zero-order valence-corrected chi connectivity index (χ0v) is 53.2. The van der Waals surface area contributed by atoms with E-state index in [1.807, 2.05) is 72.7 Å². The number of aliphatic hydroxyl groups is 4. The number of ether oxygens (including phenoxy) is 3. The zero-order valence-electron chi connectivity index (χ0n) is 49.9. The number of fused-ring (bicyclic) bond motifs is 5. The van der Waals surface area contributed by atoms with Crippen LogP contribution in [0.4, 0.5) is 0 Å². The Bertz CT molecular complexity index is 3350. The zero-order chi connectivity index (χ0) is 59.7. The number of nitrogens with one attached hydrogen (secondary N) is 2. The number of H-pyrrole nitrogens is 1. The molecule has 6 aromatic rings. The Morgan fingerprint density at radius 2 is 1.62 bits per heavy atom. The molecule has 3 heterocycles. The molecule has 10 atom stereocenters. The Balaban J connectivity index is 1.06. The van der Waals surface area contributed by atoms with Gasteiger partial charge in [0.25, 0.3) is 0 Å². The molecule has 0 saturated heterocycles. The third-order valence-electron chi connectivity index (χ3n) is 21.3. The number of aromatic hydroxyl groups is 2. The number of carbonyl (C=O) groups is 1. The van der Waals surface area contributed by atoms with Crippen molar-refractivity contribution in [2.75, 3.05) is 44.8 Å². The molecule has 4 fully saturated rings. The van der Waals surface area contributed by atoms with Crippen LogP contribution in [0.1, 0.15) is 152 Å². The van der Waals surface area contributed by atoms with Gasteiger partial charge in [-0.15, -0.1) is 0 Å². The van der Waals surface area contributed by atoms with Crippen LogP contribution in [0.25, 0.3) is 10.8 Å². The molecule has 12 rings (SSSR count). The first-order chi connectivity index (χ1) is 41.9. The molecule has 460 valence electrons. The Kier molecular flexibility index (Phi) is 19.0. The van der Waals surface area contributed by atoms with E-state index in [-0.39, 0.29) is 47.6 Å². The lowest BCUT2D eigenvalue weighted by Gasteiger charge is -2.53. The van der Waals surface area contributed by atoms with Crippen molar-refractivity contribution in [3.05, 3.63) is 147 Å². The maximum atomic E-state index is 17.7. The molecule has 4 aliphatic carbocycles. The number of methoxy groups -OCH3 is 1. The van der Waals surface area contributed by atoms with E-state index < -0.39 is 53.6 Å². The van der Waals surface area contributed by atoms with Gasteiger partial charge >= 0.3 is 0 Å². The minimum Gasteiger partial charge on any atom is -0.508 e. The van der Waals surface area contributed by atoms with Crippen molar-refractivity contribution in [2.24, 2.45) is 29.1 Å². The van der Waals surface area contributed by atoms with Crippen LogP contribution < -0.4 is 19.5 Å². The van der Waals surface area contributed by atoms with Gasteiger partial charge in [-0.1, -0.05) is 131 Å². The van der Waals surface area contributed by atoms with Crippen LogP contribution in [0.2, 0.25) is 0 Å². The summed E-state index contributed by atoms with van der Waals surface area (Å²) < 4.78 is 19.3. The van der Waals surface area contributed by atoms with Gasteiger partial charge in [-0.3, -0.25) is 4.79 Å². The summed E-state index contributed by atoms with van der Waals surface area (Å²) in [5.74, 6) is -0.0411. The maximum absolute atomic E-state index is 17.7. The van der Waals surface area contributed by atoms with Crippen molar-refractivity contribution in [3.63, 3.8) is 0 Å². The van der Waals surface area contributed by atoms with Crippen LogP contribution in [-0.2, 0) is 41.4 Å². The van der Waals surface area contributed by atoms with E-state index in [1.165, 1.54) is 25.7 Å². The molecule has 1 spiro atoms. The number of carbonyl (C=O) groups excluding carboxylic acids is 1. The Hall–Kier alpha value is -4.49. The molecule has 16 heteroatoms. The predicted octanol–water partition coefficient (Wildman–Crippen LogP) is 13.4. The number of hydrogen-bond acceptors (Lipinski definition) is 15. The largest absolute Gasteiger partial charge is 0.508 e. The standard InChI is InChI=1S/C70H86N2O10S4/c1-4-43-13-14-44-11-10-12-53-61(37-73)86-85-38-48-30-62(77)70(51-31-50(32-52(75)33-51)69(71-2)23-6-5-7-24-69,56-40-84-83-39-49-35-68(21-8-9-22-68)25-19-58(49)82-60-29-46(56)16-18-59(60)81-41-74)67(79)64(48)65(78)47(27-42-20-26-72-36-42)28-45-15-17-57(76)66(80-3)55(45)34-54(43)63(44)53/h10-18,20,26,29,31-33,36,47-49,56,58,61-62,64-65,71-78H,4-9,19,21-25,27-28,30,34-35,37-41H2,1-3H3/t47-,48+,49-,56-,58+,61+,62+,64-,65+,70+/m1/s1. The molecule has 8 N–H and O–H groups in total. The molecular weight excluding hydrogens is 1160 g/mol. The van der Waals surface area contributed by atoms with Gasteiger partial charge in [0.2, 0.25) is 0 Å².